The highest BCUT2D eigenvalue weighted by atomic mass is 16.1. The van der Waals surface area contributed by atoms with Gasteiger partial charge in [-0.2, -0.15) is 0 Å². The SMILES string of the molecule is O=Cc1ccc(CC(=O)c2ccc(C=O)cc2)cc1. The van der Waals surface area contributed by atoms with E-state index in [2.05, 4.69) is 0 Å². The van der Waals surface area contributed by atoms with Crippen molar-refractivity contribution in [1.82, 2.24) is 0 Å². The lowest BCUT2D eigenvalue weighted by Crippen LogP contribution is -2.03. The molecule has 0 aliphatic heterocycles. The van der Waals surface area contributed by atoms with Crippen LogP contribution in [0.15, 0.2) is 48.5 Å². The fraction of sp³-hybridized carbons (Fsp3) is 0.0625. The van der Waals surface area contributed by atoms with Gasteiger partial charge in [-0.3, -0.25) is 14.4 Å². The number of carbonyl (C=O) groups is 3. The van der Waals surface area contributed by atoms with Crippen LogP contribution in [0.3, 0.4) is 0 Å². The maximum Gasteiger partial charge on any atom is 0.167 e. The zero-order chi connectivity index (χ0) is 13.7. The number of aldehydes is 2. The molecule has 0 unspecified atom stereocenters. The van der Waals surface area contributed by atoms with Gasteiger partial charge in [-0.05, 0) is 5.56 Å². The van der Waals surface area contributed by atoms with Gasteiger partial charge in [-0.15, -0.1) is 0 Å². The minimum atomic E-state index is -0.0173. The Labute approximate surface area is 110 Å². The van der Waals surface area contributed by atoms with E-state index in [0.717, 1.165) is 18.1 Å². The van der Waals surface area contributed by atoms with Crippen LogP contribution in [0.2, 0.25) is 0 Å². The molecule has 3 nitrogen and oxygen atoms in total. The van der Waals surface area contributed by atoms with Crippen LogP contribution < -0.4 is 0 Å². The maximum absolute atomic E-state index is 12.0. The number of carbonyl (C=O) groups excluding carboxylic acids is 3. The molecule has 3 heteroatoms. The quantitative estimate of drug-likeness (QED) is 0.607. The summed E-state index contributed by atoms with van der Waals surface area (Å²) < 4.78 is 0. The molecule has 0 aliphatic rings. The summed E-state index contributed by atoms with van der Waals surface area (Å²) >= 11 is 0. The van der Waals surface area contributed by atoms with Crippen LogP contribution in [0.1, 0.15) is 36.6 Å². The predicted octanol–water partition coefficient (Wildman–Crippen LogP) is 2.74. The zero-order valence-corrected chi connectivity index (χ0v) is 10.2. The molecule has 0 aromatic heterocycles. The summed E-state index contributed by atoms with van der Waals surface area (Å²) in [6.07, 6.45) is 1.79. The van der Waals surface area contributed by atoms with Gasteiger partial charge in [0.2, 0.25) is 0 Å². The van der Waals surface area contributed by atoms with Crippen LogP contribution >= 0.6 is 0 Å². The fourth-order valence-corrected chi connectivity index (χ4v) is 1.75. The number of benzene rings is 2. The van der Waals surface area contributed by atoms with E-state index in [1.165, 1.54) is 0 Å². The van der Waals surface area contributed by atoms with Crippen LogP contribution in [-0.2, 0) is 6.42 Å². The Kier molecular flexibility index (Phi) is 3.98. The topological polar surface area (TPSA) is 51.2 Å². The summed E-state index contributed by atoms with van der Waals surface area (Å²) in [7, 11) is 0. The fourth-order valence-electron chi connectivity index (χ4n) is 1.75. The van der Waals surface area contributed by atoms with Gasteiger partial charge in [0.1, 0.15) is 12.6 Å². The van der Waals surface area contributed by atoms with Crippen LogP contribution in [0.25, 0.3) is 0 Å². The first-order chi connectivity index (χ1) is 9.22. The Hall–Kier alpha value is -2.55. The van der Waals surface area contributed by atoms with Crippen molar-refractivity contribution in [2.75, 3.05) is 0 Å². The molecule has 0 amide bonds. The molecule has 0 bridgehead atoms. The zero-order valence-electron chi connectivity index (χ0n) is 10.2. The van der Waals surface area contributed by atoms with Gasteiger partial charge in [0.25, 0.3) is 0 Å². The summed E-state index contributed by atoms with van der Waals surface area (Å²) in [6, 6.07) is 13.4. The number of rotatable bonds is 5. The highest BCUT2D eigenvalue weighted by Crippen LogP contribution is 2.09. The van der Waals surface area contributed by atoms with E-state index in [4.69, 9.17) is 0 Å². The average molecular weight is 252 g/mol. The van der Waals surface area contributed by atoms with Crippen molar-refractivity contribution < 1.29 is 14.4 Å². The van der Waals surface area contributed by atoms with Crippen molar-refractivity contribution >= 4 is 18.4 Å². The Morgan fingerprint density at radius 3 is 1.74 bits per heavy atom. The highest BCUT2D eigenvalue weighted by molar-refractivity contribution is 5.98. The first-order valence-corrected chi connectivity index (χ1v) is 5.85. The summed E-state index contributed by atoms with van der Waals surface area (Å²) in [5.74, 6) is -0.0173. The smallest absolute Gasteiger partial charge is 0.167 e. The van der Waals surface area contributed by atoms with Gasteiger partial charge in [0.15, 0.2) is 5.78 Å². The number of hydrogen-bond donors (Lipinski definition) is 0. The second-order valence-electron chi connectivity index (χ2n) is 4.20. The van der Waals surface area contributed by atoms with E-state index >= 15 is 0 Å². The molecule has 19 heavy (non-hydrogen) atoms. The molecule has 0 fully saturated rings. The van der Waals surface area contributed by atoms with Crippen molar-refractivity contribution in [3.05, 3.63) is 70.8 Å². The summed E-state index contributed by atoms with van der Waals surface area (Å²) in [5.41, 5.74) is 2.57. The third-order valence-electron chi connectivity index (χ3n) is 2.85. The first kappa shape index (κ1) is 12.9. The van der Waals surface area contributed by atoms with Crippen molar-refractivity contribution in [3.63, 3.8) is 0 Å². The van der Waals surface area contributed by atoms with Crippen LogP contribution in [-0.4, -0.2) is 18.4 Å². The van der Waals surface area contributed by atoms with E-state index in [1.807, 2.05) is 0 Å². The van der Waals surface area contributed by atoms with Gasteiger partial charge >= 0.3 is 0 Å². The molecular weight excluding hydrogens is 240 g/mol. The Bertz CT molecular complexity index is 595. The lowest BCUT2D eigenvalue weighted by molar-refractivity contribution is 0.0992. The van der Waals surface area contributed by atoms with Gasteiger partial charge in [0, 0.05) is 23.1 Å². The third kappa shape index (κ3) is 3.22. The van der Waals surface area contributed by atoms with Gasteiger partial charge in [-0.1, -0.05) is 48.5 Å². The molecule has 94 valence electrons. The Morgan fingerprint density at radius 1 is 0.789 bits per heavy atom. The van der Waals surface area contributed by atoms with Crippen LogP contribution in [0.5, 0.6) is 0 Å². The van der Waals surface area contributed by atoms with E-state index in [1.54, 1.807) is 48.5 Å². The first-order valence-electron chi connectivity index (χ1n) is 5.85. The summed E-state index contributed by atoms with van der Waals surface area (Å²) in [6.45, 7) is 0. The van der Waals surface area contributed by atoms with Gasteiger partial charge in [0.05, 0.1) is 0 Å². The molecule has 2 rings (SSSR count). The predicted molar refractivity (Wildman–Crippen MR) is 71.7 cm³/mol. The molecule has 0 N–H and O–H groups in total. The minimum absolute atomic E-state index is 0.0173. The molecule has 0 spiro atoms. The Balaban J connectivity index is 2.10. The second-order valence-corrected chi connectivity index (χ2v) is 4.20. The minimum Gasteiger partial charge on any atom is -0.298 e. The summed E-state index contributed by atoms with van der Waals surface area (Å²) in [5, 5.41) is 0. The molecule has 0 radical (unpaired) electrons. The van der Waals surface area contributed by atoms with Gasteiger partial charge in [-0.25, -0.2) is 0 Å². The van der Waals surface area contributed by atoms with Crippen molar-refractivity contribution in [3.8, 4) is 0 Å². The largest absolute Gasteiger partial charge is 0.298 e. The van der Waals surface area contributed by atoms with Crippen molar-refractivity contribution in [2.24, 2.45) is 0 Å². The maximum atomic E-state index is 12.0. The van der Waals surface area contributed by atoms with E-state index in [-0.39, 0.29) is 12.2 Å². The monoisotopic (exact) mass is 252 g/mol. The molecule has 0 saturated heterocycles. The van der Waals surface area contributed by atoms with Gasteiger partial charge < -0.3 is 0 Å². The van der Waals surface area contributed by atoms with E-state index in [9.17, 15) is 14.4 Å². The molecule has 2 aromatic rings. The molecule has 0 aliphatic carbocycles. The number of Topliss-reactive ketones (excluding diaryl/α,β-unsaturated/α-hetero) is 1. The average Bonchev–Trinajstić information content (AvgIpc) is 2.48. The number of ketones is 1. The number of hydrogen-bond acceptors (Lipinski definition) is 3. The highest BCUT2D eigenvalue weighted by Gasteiger charge is 2.07. The van der Waals surface area contributed by atoms with E-state index < -0.39 is 0 Å². The normalized spacial score (nSPS) is 9.89. The van der Waals surface area contributed by atoms with Crippen molar-refractivity contribution in [2.45, 2.75) is 6.42 Å². The van der Waals surface area contributed by atoms with Crippen LogP contribution in [0, 0.1) is 0 Å². The summed E-state index contributed by atoms with van der Waals surface area (Å²) in [4.78, 5) is 33.1. The Morgan fingerprint density at radius 2 is 1.26 bits per heavy atom. The van der Waals surface area contributed by atoms with E-state index in [0.29, 0.717) is 16.7 Å². The molecule has 0 atom stereocenters. The lowest BCUT2D eigenvalue weighted by Gasteiger charge is -2.02. The van der Waals surface area contributed by atoms with Crippen molar-refractivity contribution in [1.29, 1.82) is 0 Å². The standard InChI is InChI=1S/C16H12O3/c17-10-13-3-1-12(2-4-13)9-16(19)15-7-5-14(11-18)6-8-15/h1-8,10-11H,9H2. The second kappa shape index (κ2) is 5.87. The molecule has 2 aromatic carbocycles. The van der Waals surface area contributed by atoms with Crippen LogP contribution in [0.4, 0.5) is 0 Å². The molecular formula is C16H12O3. The lowest BCUT2D eigenvalue weighted by atomic mass is 10.0. The molecule has 0 saturated carbocycles. The third-order valence-corrected chi connectivity index (χ3v) is 2.85. The molecule has 0 heterocycles.